The Labute approximate surface area is 230 Å². The number of nitrogens with one attached hydrogen (secondary N) is 4. The summed E-state index contributed by atoms with van der Waals surface area (Å²) in [5.41, 5.74) is 17.8. The van der Waals surface area contributed by atoms with Crippen molar-refractivity contribution in [2.24, 2.45) is 22.2 Å². The molecule has 214 valence electrons. The lowest BCUT2D eigenvalue weighted by Gasteiger charge is -2.25. The quantitative estimate of drug-likeness (QED) is 0.0493. The predicted molar refractivity (Wildman–Crippen MR) is 149 cm³/mol. The maximum absolute atomic E-state index is 13.0. The molecule has 5 atom stereocenters. The van der Waals surface area contributed by atoms with Crippen LogP contribution >= 0.6 is 12.6 Å². The zero-order chi connectivity index (χ0) is 29.1. The number of carbonyl (C=O) groups excluding carboxylic acids is 3. The Morgan fingerprint density at radius 1 is 1.03 bits per heavy atom. The number of aliphatic carboxylic acids is 1. The molecule has 2 rings (SSSR count). The summed E-state index contributed by atoms with van der Waals surface area (Å²) >= 11 is 4.13. The zero-order valence-electron chi connectivity index (χ0n) is 21.5. The van der Waals surface area contributed by atoms with Crippen molar-refractivity contribution >= 4 is 53.2 Å². The smallest absolute Gasteiger partial charge is 0.326 e. The topological polar surface area (TPSA) is 251 Å². The van der Waals surface area contributed by atoms with Gasteiger partial charge in [0.05, 0.1) is 6.10 Å². The number of hydrogen-bond acceptors (Lipinski definition) is 8. The molecule has 1 heterocycles. The van der Waals surface area contributed by atoms with Gasteiger partial charge < -0.3 is 48.3 Å². The normalized spacial score (nSPS) is 14.9. The number of carboxylic acids is 1. The number of aliphatic hydroxyl groups excluding tert-OH is 1. The molecule has 12 N–H and O–H groups in total. The summed E-state index contributed by atoms with van der Waals surface area (Å²) < 4.78 is 0. The average molecular weight is 565 g/mol. The number of carboxylic acid groups (broad SMARTS) is 1. The summed E-state index contributed by atoms with van der Waals surface area (Å²) in [4.78, 5) is 57.2. The van der Waals surface area contributed by atoms with Crippen LogP contribution in [0.2, 0.25) is 0 Å². The fourth-order valence-corrected chi connectivity index (χ4v) is 3.98. The van der Waals surface area contributed by atoms with E-state index in [1.807, 2.05) is 24.3 Å². The number of amides is 3. The van der Waals surface area contributed by atoms with Crippen molar-refractivity contribution in [2.45, 2.75) is 56.5 Å². The van der Waals surface area contributed by atoms with Gasteiger partial charge in [-0.3, -0.25) is 19.4 Å². The molecule has 0 aliphatic heterocycles. The molecule has 0 aliphatic rings. The van der Waals surface area contributed by atoms with Crippen molar-refractivity contribution in [3.05, 3.63) is 36.0 Å². The van der Waals surface area contributed by atoms with Gasteiger partial charge in [0.2, 0.25) is 17.7 Å². The van der Waals surface area contributed by atoms with Crippen LogP contribution in [0.1, 0.15) is 25.3 Å². The number of guanidine groups is 1. The molecular formula is C24H36N8O6S. The van der Waals surface area contributed by atoms with Crippen molar-refractivity contribution in [1.82, 2.24) is 20.9 Å². The predicted octanol–water partition coefficient (Wildman–Crippen LogP) is -2.06. The molecule has 0 bridgehead atoms. The third kappa shape index (κ3) is 9.46. The minimum Gasteiger partial charge on any atom is -0.480 e. The van der Waals surface area contributed by atoms with Crippen LogP contribution < -0.4 is 33.2 Å². The van der Waals surface area contributed by atoms with E-state index < -0.39 is 54.0 Å². The highest BCUT2D eigenvalue weighted by molar-refractivity contribution is 7.80. The summed E-state index contributed by atoms with van der Waals surface area (Å²) in [6.07, 6.45) is 0.887. The fraction of sp³-hybridized carbons (Fsp3) is 0.458. The lowest BCUT2D eigenvalue weighted by Crippen LogP contribution is -2.58. The summed E-state index contributed by atoms with van der Waals surface area (Å²) in [5, 5.41) is 27.6. The molecule has 1 aromatic carbocycles. The van der Waals surface area contributed by atoms with Gasteiger partial charge in [-0.2, -0.15) is 12.6 Å². The van der Waals surface area contributed by atoms with Gasteiger partial charge in [0.1, 0.15) is 24.2 Å². The van der Waals surface area contributed by atoms with Crippen LogP contribution in [0.15, 0.2) is 35.5 Å². The second-order valence-corrected chi connectivity index (χ2v) is 9.35. The summed E-state index contributed by atoms with van der Waals surface area (Å²) in [6.45, 7) is 1.50. The minimum atomic E-state index is -1.29. The molecule has 0 saturated carbocycles. The molecule has 39 heavy (non-hydrogen) atoms. The average Bonchev–Trinajstić information content (AvgIpc) is 3.30. The van der Waals surface area contributed by atoms with E-state index in [0.29, 0.717) is 12.0 Å². The fourth-order valence-electron chi connectivity index (χ4n) is 3.72. The number of thiol groups is 1. The number of para-hydroxylation sites is 1. The third-order valence-corrected chi connectivity index (χ3v) is 6.29. The van der Waals surface area contributed by atoms with Gasteiger partial charge >= 0.3 is 5.97 Å². The second-order valence-electron chi connectivity index (χ2n) is 8.98. The van der Waals surface area contributed by atoms with Crippen LogP contribution in [-0.2, 0) is 25.6 Å². The van der Waals surface area contributed by atoms with Gasteiger partial charge in [-0.15, -0.1) is 0 Å². The third-order valence-electron chi connectivity index (χ3n) is 5.93. The minimum absolute atomic E-state index is 0.000961. The van der Waals surface area contributed by atoms with Crippen molar-refractivity contribution < 1.29 is 29.4 Å². The van der Waals surface area contributed by atoms with Crippen LogP contribution in [0.4, 0.5) is 0 Å². The maximum Gasteiger partial charge on any atom is 0.326 e. The second kappa shape index (κ2) is 14.9. The molecule has 3 amide bonds. The molecule has 0 spiro atoms. The van der Waals surface area contributed by atoms with E-state index in [2.05, 4.69) is 38.6 Å². The number of fused-ring (bicyclic) bond motifs is 1. The van der Waals surface area contributed by atoms with Crippen LogP contribution in [0.5, 0.6) is 0 Å². The van der Waals surface area contributed by atoms with Crippen molar-refractivity contribution in [3.8, 4) is 0 Å². The van der Waals surface area contributed by atoms with Crippen molar-refractivity contribution in [2.75, 3.05) is 12.3 Å². The van der Waals surface area contributed by atoms with E-state index in [0.717, 1.165) is 10.9 Å². The first-order chi connectivity index (χ1) is 18.4. The van der Waals surface area contributed by atoms with E-state index >= 15 is 0 Å². The Balaban J connectivity index is 2.11. The number of aromatic nitrogens is 1. The molecule has 5 unspecified atom stereocenters. The Bertz CT molecular complexity index is 1180. The van der Waals surface area contributed by atoms with Crippen LogP contribution in [0.25, 0.3) is 10.9 Å². The Morgan fingerprint density at radius 3 is 2.26 bits per heavy atom. The molecule has 0 radical (unpaired) electrons. The number of aromatic amines is 1. The Kier molecular flexibility index (Phi) is 12.0. The summed E-state index contributed by atoms with van der Waals surface area (Å²) in [6, 6.07) is 2.41. The van der Waals surface area contributed by atoms with Gasteiger partial charge in [0, 0.05) is 35.8 Å². The summed E-state index contributed by atoms with van der Waals surface area (Å²) in [7, 11) is 0. The molecule has 0 fully saturated rings. The zero-order valence-corrected chi connectivity index (χ0v) is 22.4. The summed E-state index contributed by atoms with van der Waals surface area (Å²) in [5.74, 6) is -3.82. The molecule has 0 aliphatic carbocycles. The van der Waals surface area contributed by atoms with Gasteiger partial charge in [-0.05, 0) is 31.4 Å². The molecule has 14 nitrogen and oxygen atoms in total. The van der Waals surface area contributed by atoms with E-state index in [1.165, 1.54) is 6.92 Å². The lowest BCUT2D eigenvalue weighted by atomic mass is 10.0. The first kappa shape index (κ1) is 31.4. The molecular weight excluding hydrogens is 528 g/mol. The van der Waals surface area contributed by atoms with Crippen molar-refractivity contribution in [3.63, 3.8) is 0 Å². The number of nitrogens with zero attached hydrogens (tertiary/aromatic N) is 1. The Morgan fingerprint density at radius 2 is 1.64 bits per heavy atom. The number of hydrogen-bond donors (Lipinski definition) is 10. The van der Waals surface area contributed by atoms with Crippen LogP contribution in [-0.4, -0.2) is 87.4 Å². The van der Waals surface area contributed by atoms with E-state index in [-0.39, 0.29) is 31.1 Å². The van der Waals surface area contributed by atoms with E-state index in [1.54, 1.807) is 6.20 Å². The van der Waals surface area contributed by atoms with Gasteiger partial charge in [-0.25, -0.2) is 4.79 Å². The molecule has 0 saturated heterocycles. The van der Waals surface area contributed by atoms with E-state index in [4.69, 9.17) is 17.2 Å². The monoisotopic (exact) mass is 564 g/mol. The van der Waals surface area contributed by atoms with Crippen LogP contribution in [0, 0.1) is 0 Å². The van der Waals surface area contributed by atoms with Gasteiger partial charge in [0.15, 0.2) is 5.96 Å². The number of rotatable bonds is 15. The lowest BCUT2D eigenvalue weighted by molar-refractivity contribution is -0.142. The van der Waals surface area contributed by atoms with Gasteiger partial charge in [0.25, 0.3) is 0 Å². The highest BCUT2D eigenvalue weighted by Crippen LogP contribution is 2.19. The first-order valence-electron chi connectivity index (χ1n) is 12.2. The van der Waals surface area contributed by atoms with Crippen molar-refractivity contribution in [1.29, 1.82) is 0 Å². The molecule has 1 aromatic heterocycles. The number of H-pyrrole nitrogens is 1. The van der Waals surface area contributed by atoms with E-state index in [9.17, 15) is 29.4 Å². The van der Waals surface area contributed by atoms with Gasteiger partial charge in [-0.1, -0.05) is 18.2 Å². The first-order valence-corrected chi connectivity index (χ1v) is 12.9. The SMILES string of the molecule is CC(O)C(N)C(=O)NC(CCCN=C(N)N)C(=O)NC(CS)C(=O)NC(Cc1c[nH]c2ccccc12)C(=O)O. The molecule has 2 aromatic rings. The molecule has 15 heteroatoms. The Hall–Kier alpha value is -3.82. The highest BCUT2D eigenvalue weighted by atomic mass is 32.1. The highest BCUT2D eigenvalue weighted by Gasteiger charge is 2.30. The van der Waals surface area contributed by atoms with Crippen LogP contribution in [0.3, 0.4) is 0 Å². The number of aliphatic hydroxyl groups is 1. The number of carbonyl (C=O) groups is 4. The standard InChI is InChI=1S/C24H36N8O6S/c1-12(33)19(25)22(36)30-16(7-4-8-28-24(26)27)20(34)32-18(11-39)21(35)31-17(23(37)38)9-13-10-29-15-6-3-2-5-14(13)15/h2-3,5-6,10,12,16-19,29,33,39H,4,7-9,11,25H2,1H3,(H,30,36)(H,31,35)(H,32,34)(H,37,38)(H4,26,27,28). The maximum atomic E-state index is 13.0. The number of benzene rings is 1. The largest absolute Gasteiger partial charge is 0.480 e. The number of aliphatic imine (C=N–C) groups is 1. The number of nitrogens with two attached hydrogens (primary N) is 3.